The summed E-state index contributed by atoms with van der Waals surface area (Å²) in [6.07, 6.45) is 1.95. The van der Waals surface area contributed by atoms with Crippen molar-refractivity contribution in [1.82, 2.24) is 10.2 Å². The van der Waals surface area contributed by atoms with Crippen LogP contribution in [0.2, 0.25) is 0 Å². The number of furan rings is 1. The molecule has 1 N–H and O–H groups in total. The number of benzene rings is 1. The van der Waals surface area contributed by atoms with E-state index in [1.165, 1.54) is 0 Å². The lowest BCUT2D eigenvalue weighted by molar-refractivity contribution is 0.102. The second-order valence-electron chi connectivity index (χ2n) is 4.20. The minimum Gasteiger partial charge on any atom is -0.444 e. The van der Waals surface area contributed by atoms with E-state index in [2.05, 4.69) is 31.4 Å². The number of carbonyl (C=O) groups is 1. The fraction of sp³-hybridized carbons (Fsp3) is 0.0714. The molecule has 0 radical (unpaired) electrons. The molecule has 0 spiro atoms. The molecule has 0 aliphatic carbocycles. The van der Waals surface area contributed by atoms with E-state index in [4.69, 9.17) is 8.83 Å². The molecule has 112 valence electrons. The number of hydrogen-bond acceptors (Lipinski definition) is 6. The van der Waals surface area contributed by atoms with Crippen molar-refractivity contribution in [3.8, 4) is 11.7 Å². The third kappa shape index (κ3) is 3.23. The molecule has 0 fully saturated rings. The van der Waals surface area contributed by atoms with Crippen LogP contribution in [0, 0.1) is 0 Å². The van der Waals surface area contributed by atoms with Crippen LogP contribution in [0.5, 0.6) is 0 Å². The van der Waals surface area contributed by atoms with Crippen molar-refractivity contribution >= 4 is 39.6 Å². The number of nitrogens with one attached hydrogen (secondary N) is 1. The fourth-order valence-corrected chi connectivity index (χ4v) is 2.50. The SMILES string of the molecule is CSc1cccc(C(=O)Nc2nnc(-c3ccc(Br)o3)o2)c1. The van der Waals surface area contributed by atoms with E-state index in [0.717, 1.165) is 4.90 Å². The first kappa shape index (κ1) is 14.9. The van der Waals surface area contributed by atoms with E-state index in [-0.39, 0.29) is 17.8 Å². The molecule has 0 saturated heterocycles. The average molecular weight is 380 g/mol. The molecule has 0 aliphatic rings. The van der Waals surface area contributed by atoms with E-state index in [1.54, 1.807) is 36.0 Å². The number of rotatable bonds is 4. The van der Waals surface area contributed by atoms with Crippen molar-refractivity contribution in [3.05, 3.63) is 46.6 Å². The third-order valence-electron chi connectivity index (χ3n) is 2.76. The lowest BCUT2D eigenvalue weighted by Crippen LogP contribution is -2.12. The maximum absolute atomic E-state index is 12.2. The molecule has 0 atom stereocenters. The van der Waals surface area contributed by atoms with Crippen molar-refractivity contribution in [2.45, 2.75) is 4.90 Å². The largest absolute Gasteiger partial charge is 0.444 e. The molecule has 22 heavy (non-hydrogen) atoms. The number of carbonyl (C=O) groups excluding carboxylic acids is 1. The van der Waals surface area contributed by atoms with Gasteiger partial charge in [0.25, 0.3) is 11.8 Å². The molecule has 6 nitrogen and oxygen atoms in total. The Labute approximate surface area is 138 Å². The van der Waals surface area contributed by atoms with Gasteiger partial charge in [-0.05, 0) is 52.5 Å². The molecule has 0 saturated carbocycles. The van der Waals surface area contributed by atoms with Gasteiger partial charge in [0.2, 0.25) is 0 Å². The Morgan fingerprint density at radius 1 is 1.23 bits per heavy atom. The number of anilines is 1. The Morgan fingerprint density at radius 2 is 2.09 bits per heavy atom. The van der Waals surface area contributed by atoms with Gasteiger partial charge in [-0.25, -0.2) is 0 Å². The topological polar surface area (TPSA) is 81.2 Å². The molecule has 1 amide bonds. The molecule has 2 heterocycles. The van der Waals surface area contributed by atoms with Crippen molar-refractivity contribution in [2.24, 2.45) is 0 Å². The fourth-order valence-electron chi connectivity index (χ4n) is 1.74. The number of amides is 1. The van der Waals surface area contributed by atoms with Gasteiger partial charge in [0.15, 0.2) is 10.4 Å². The zero-order valence-electron chi connectivity index (χ0n) is 11.4. The van der Waals surface area contributed by atoms with Crippen molar-refractivity contribution in [2.75, 3.05) is 11.6 Å². The summed E-state index contributed by atoms with van der Waals surface area (Å²) in [5.74, 6) is 0.301. The third-order valence-corrected chi connectivity index (χ3v) is 3.91. The zero-order valence-corrected chi connectivity index (χ0v) is 13.8. The Balaban J connectivity index is 1.75. The van der Waals surface area contributed by atoms with Gasteiger partial charge in [-0.2, -0.15) is 0 Å². The van der Waals surface area contributed by atoms with Gasteiger partial charge in [0.1, 0.15) is 0 Å². The Bertz CT molecular complexity index is 815. The minimum atomic E-state index is -0.313. The highest BCUT2D eigenvalue weighted by Gasteiger charge is 2.15. The molecule has 2 aromatic heterocycles. The molecule has 0 aliphatic heterocycles. The van der Waals surface area contributed by atoms with Crippen LogP contribution >= 0.6 is 27.7 Å². The van der Waals surface area contributed by atoms with Gasteiger partial charge in [-0.15, -0.1) is 16.9 Å². The van der Waals surface area contributed by atoms with E-state index >= 15 is 0 Å². The number of hydrogen-bond donors (Lipinski definition) is 1. The summed E-state index contributed by atoms with van der Waals surface area (Å²) in [6, 6.07) is 10.7. The molecule has 0 bridgehead atoms. The van der Waals surface area contributed by atoms with Crippen molar-refractivity contribution in [1.29, 1.82) is 0 Å². The first-order valence-corrected chi connectivity index (χ1v) is 8.22. The molecule has 0 unspecified atom stereocenters. The summed E-state index contributed by atoms with van der Waals surface area (Å²) in [5.41, 5.74) is 0.521. The summed E-state index contributed by atoms with van der Waals surface area (Å²) < 4.78 is 11.2. The van der Waals surface area contributed by atoms with E-state index in [0.29, 0.717) is 16.0 Å². The molecular formula is C14H10BrN3O3S. The first-order chi connectivity index (χ1) is 10.7. The lowest BCUT2D eigenvalue weighted by atomic mass is 10.2. The van der Waals surface area contributed by atoms with Crippen molar-refractivity contribution < 1.29 is 13.6 Å². The van der Waals surface area contributed by atoms with Crippen LogP contribution in [-0.2, 0) is 0 Å². The quantitative estimate of drug-likeness (QED) is 0.688. The lowest BCUT2D eigenvalue weighted by Gasteiger charge is -2.02. The summed E-state index contributed by atoms with van der Waals surface area (Å²) in [4.78, 5) is 13.2. The van der Waals surface area contributed by atoms with Crippen LogP contribution in [0.15, 0.2) is 54.8 Å². The highest BCUT2D eigenvalue weighted by molar-refractivity contribution is 9.10. The van der Waals surface area contributed by atoms with E-state index in [9.17, 15) is 4.79 Å². The van der Waals surface area contributed by atoms with E-state index < -0.39 is 0 Å². The number of aromatic nitrogens is 2. The summed E-state index contributed by atoms with van der Waals surface area (Å²) in [6.45, 7) is 0. The Morgan fingerprint density at radius 3 is 2.82 bits per heavy atom. The monoisotopic (exact) mass is 379 g/mol. The maximum atomic E-state index is 12.2. The number of nitrogens with zero attached hydrogens (tertiary/aromatic N) is 2. The van der Waals surface area contributed by atoms with Crippen LogP contribution in [0.25, 0.3) is 11.7 Å². The van der Waals surface area contributed by atoms with Crippen LogP contribution in [0.1, 0.15) is 10.4 Å². The average Bonchev–Trinajstić information content (AvgIpc) is 3.16. The zero-order chi connectivity index (χ0) is 15.5. The maximum Gasteiger partial charge on any atom is 0.322 e. The summed E-state index contributed by atoms with van der Waals surface area (Å²) in [7, 11) is 0. The van der Waals surface area contributed by atoms with Crippen LogP contribution in [0.4, 0.5) is 6.01 Å². The smallest absolute Gasteiger partial charge is 0.322 e. The van der Waals surface area contributed by atoms with Gasteiger partial charge in [-0.3, -0.25) is 10.1 Å². The van der Waals surface area contributed by atoms with Crippen molar-refractivity contribution in [3.63, 3.8) is 0 Å². The first-order valence-electron chi connectivity index (χ1n) is 6.20. The highest BCUT2D eigenvalue weighted by atomic mass is 79.9. The summed E-state index contributed by atoms with van der Waals surface area (Å²) in [5, 5.41) is 10.2. The Hall–Kier alpha value is -2.06. The Kier molecular flexibility index (Phi) is 4.30. The highest BCUT2D eigenvalue weighted by Crippen LogP contribution is 2.25. The molecular weight excluding hydrogens is 370 g/mol. The van der Waals surface area contributed by atoms with Gasteiger partial charge < -0.3 is 8.83 Å². The second kappa shape index (κ2) is 6.37. The summed E-state index contributed by atoms with van der Waals surface area (Å²) >= 11 is 4.75. The molecule has 8 heteroatoms. The normalized spacial score (nSPS) is 10.6. The second-order valence-corrected chi connectivity index (χ2v) is 5.86. The predicted octanol–water partition coefficient (Wildman–Crippen LogP) is 4.07. The van der Waals surface area contributed by atoms with Gasteiger partial charge >= 0.3 is 6.01 Å². The van der Waals surface area contributed by atoms with E-state index in [1.807, 2.05) is 18.4 Å². The molecule has 3 aromatic rings. The molecule has 1 aromatic carbocycles. The number of thioether (sulfide) groups is 1. The number of halogens is 1. The molecule has 3 rings (SSSR count). The van der Waals surface area contributed by atoms with Gasteiger partial charge in [0.05, 0.1) is 0 Å². The minimum absolute atomic E-state index is 0.0158. The van der Waals surface area contributed by atoms with Crippen LogP contribution in [0.3, 0.4) is 0 Å². The predicted molar refractivity (Wildman–Crippen MR) is 85.9 cm³/mol. The standard InChI is InChI=1S/C14H10BrN3O3S/c1-22-9-4-2-3-8(7-9)12(19)16-14-18-17-13(21-14)10-5-6-11(15)20-10/h2-7H,1H3,(H,16,18,19). The van der Waals surface area contributed by atoms with Gasteiger partial charge in [-0.1, -0.05) is 11.2 Å². The van der Waals surface area contributed by atoms with Gasteiger partial charge in [0, 0.05) is 10.5 Å². The van der Waals surface area contributed by atoms with Crippen LogP contribution < -0.4 is 5.32 Å². The van der Waals surface area contributed by atoms with Crippen LogP contribution in [-0.4, -0.2) is 22.4 Å².